The summed E-state index contributed by atoms with van der Waals surface area (Å²) in [5, 5.41) is 1.23. The SMILES string of the molecule is CCCC1(CC)CCN(Cc2c[nH]c3ccccc23)C1=O. The molecule has 0 spiro atoms. The lowest BCUT2D eigenvalue weighted by atomic mass is 9.79. The summed E-state index contributed by atoms with van der Waals surface area (Å²) in [6.07, 6.45) is 6.12. The molecule has 3 heteroatoms. The van der Waals surface area contributed by atoms with E-state index < -0.39 is 0 Å². The maximum absolute atomic E-state index is 12.8. The van der Waals surface area contributed by atoms with E-state index in [1.807, 2.05) is 12.3 Å². The first kappa shape index (κ1) is 14.2. The Labute approximate surface area is 126 Å². The summed E-state index contributed by atoms with van der Waals surface area (Å²) >= 11 is 0. The lowest BCUT2D eigenvalue weighted by Crippen LogP contribution is -2.33. The van der Waals surface area contributed by atoms with Crippen LogP contribution in [0.4, 0.5) is 0 Å². The standard InChI is InChI=1S/C18H24N2O/c1-3-9-18(4-2)10-11-20(17(18)21)13-14-12-19-16-8-6-5-7-15(14)16/h5-8,12,19H,3-4,9-11,13H2,1-2H3. The molecule has 0 bridgehead atoms. The first-order valence-electron chi connectivity index (χ1n) is 8.04. The summed E-state index contributed by atoms with van der Waals surface area (Å²) in [5.41, 5.74) is 2.28. The van der Waals surface area contributed by atoms with Crippen molar-refractivity contribution in [3.8, 4) is 0 Å². The van der Waals surface area contributed by atoms with Gasteiger partial charge in [-0.2, -0.15) is 0 Å². The predicted molar refractivity (Wildman–Crippen MR) is 86.0 cm³/mol. The van der Waals surface area contributed by atoms with Crippen molar-refractivity contribution >= 4 is 16.8 Å². The van der Waals surface area contributed by atoms with E-state index in [1.165, 1.54) is 10.9 Å². The first-order chi connectivity index (χ1) is 10.2. The number of aromatic nitrogens is 1. The first-order valence-corrected chi connectivity index (χ1v) is 8.04. The van der Waals surface area contributed by atoms with Crippen LogP contribution in [-0.2, 0) is 11.3 Å². The molecule has 3 rings (SSSR count). The zero-order valence-corrected chi connectivity index (χ0v) is 13.0. The highest BCUT2D eigenvalue weighted by molar-refractivity contribution is 5.86. The Morgan fingerprint density at radius 2 is 2.10 bits per heavy atom. The van der Waals surface area contributed by atoms with Crippen molar-refractivity contribution in [2.75, 3.05) is 6.54 Å². The van der Waals surface area contributed by atoms with Gasteiger partial charge in [-0.1, -0.05) is 38.5 Å². The van der Waals surface area contributed by atoms with E-state index in [2.05, 4.69) is 41.9 Å². The van der Waals surface area contributed by atoms with Crippen LogP contribution in [0.15, 0.2) is 30.5 Å². The smallest absolute Gasteiger partial charge is 0.229 e. The summed E-state index contributed by atoms with van der Waals surface area (Å²) in [6, 6.07) is 8.30. The Balaban J connectivity index is 1.81. The number of amides is 1. The van der Waals surface area contributed by atoms with Crippen molar-refractivity contribution in [2.24, 2.45) is 5.41 Å². The predicted octanol–water partition coefficient (Wildman–Crippen LogP) is 4.10. The zero-order chi connectivity index (χ0) is 14.9. The van der Waals surface area contributed by atoms with Gasteiger partial charge in [0.1, 0.15) is 0 Å². The molecule has 1 aliphatic heterocycles. The maximum Gasteiger partial charge on any atom is 0.229 e. The highest BCUT2D eigenvalue weighted by atomic mass is 16.2. The molecule has 1 amide bonds. The number of carbonyl (C=O) groups excluding carboxylic acids is 1. The zero-order valence-electron chi connectivity index (χ0n) is 13.0. The summed E-state index contributed by atoms with van der Waals surface area (Å²) in [6.45, 7) is 5.95. The molecule has 0 radical (unpaired) electrons. The molecule has 1 saturated heterocycles. The van der Waals surface area contributed by atoms with Gasteiger partial charge in [0.05, 0.1) is 5.41 Å². The van der Waals surface area contributed by atoms with E-state index in [0.29, 0.717) is 5.91 Å². The molecule has 1 aromatic carbocycles. The minimum atomic E-state index is -0.0964. The average Bonchev–Trinajstić information content (AvgIpc) is 3.05. The summed E-state index contributed by atoms with van der Waals surface area (Å²) in [5.74, 6) is 0.358. The van der Waals surface area contributed by atoms with Crippen LogP contribution in [-0.4, -0.2) is 22.3 Å². The molecule has 1 atom stereocenters. The largest absolute Gasteiger partial charge is 0.361 e. The Kier molecular flexibility index (Phi) is 3.75. The minimum Gasteiger partial charge on any atom is -0.361 e. The lowest BCUT2D eigenvalue weighted by Gasteiger charge is -2.26. The van der Waals surface area contributed by atoms with Gasteiger partial charge in [-0.05, 0) is 30.9 Å². The number of H-pyrrole nitrogens is 1. The summed E-state index contributed by atoms with van der Waals surface area (Å²) < 4.78 is 0. The normalized spacial score (nSPS) is 22.4. The molecule has 1 aromatic heterocycles. The minimum absolute atomic E-state index is 0.0964. The van der Waals surface area contributed by atoms with Gasteiger partial charge in [-0.15, -0.1) is 0 Å². The van der Waals surface area contributed by atoms with E-state index in [9.17, 15) is 4.79 Å². The molecule has 0 aliphatic carbocycles. The van der Waals surface area contributed by atoms with E-state index in [1.54, 1.807) is 0 Å². The van der Waals surface area contributed by atoms with Gasteiger partial charge in [0.15, 0.2) is 0 Å². The quantitative estimate of drug-likeness (QED) is 0.881. The number of hydrogen-bond acceptors (Lipinski definition) is 1. The van der Waals surface area contributed by atoms with Crippen LogP contribution in [0.5, 0.6) is 0 Å². The molecule has 1 N–H and O–H groups in total. The number of fused-ring (bicyclic) bond motifs is 1. The van der Waals surface area contributed by atoms with Crippen molar-refractivity contribution in [1.82, 2.24) is 9.88 Å². The highest BCUT2D eigenvalue weighted by Crippen LogP contribution is 2.40. The van der Waals surface area contributed by atoms with Crippen LogP contribution in [0.2, 0.25) is 0 Å². The number of carbonyl (C=O) groups is 1. The van der Waals surface area contributed by atoms with Crippen molar-refractivity contribution in [3.63, 3.8) is 0 Å². The molecule has 21 heavy (non-hydrogen) atoms. The van der Waals surface area contributed by atoms with Crippen LogP contribution in [0.25, 0.3) is 10.9 Å². The third-order valence-corrected chi connectivity index (χ3v) is 5.04. The average molecular weight is 284 g/mol. The monoisotopic (exact) mass is 284 g/mol. The Hall–Kier alpha value is -1.77. The second-order valence-corrected chi connectivity index (χ2v) is 6.22. The number of para-hydroxylation sites is 1. The lowest BCUT2D eigenvalue weighted by molar-refractivity contribution is -0.137. The molecule has 2 aromatic rings. The van der Waals surface area contributed by atoms with E-state index >= 15 is 0 Å². The molecule has 3 nitrogen and oxygen atoms in total. The topological polar surface area (TPSA) is 36.1 Å². The fraction of sp³-hybridized carbons (Fsp3) is 0.500. The Morgan fingerprint density at radius 1 is 1.29 bits per heavy atom. The van der Waals surface area contributed by atoms with Crippen molar-refractivity contribution in [1.29, 1.82) is 0 Å². The van der Waals surface area contributed by atoms with Crippen molar-refractivity contribution < 1.29 is 4.79 Å². The van der Waals surface area contributed by atoms with Gasteiger partial charge in [-0.3, -0.25) is 4.79 Å². The number of nitrogens with zero attached hydrogens (tertiary/aromatic N) is 1. The van der Waals surface area contributed by atoms with E-state index in [0.717, 1.165) is 44.3 Å². The van der Waals surface area contributed by atoms with Crippen molar-refractivity contribution in [2.45, 2.75) is 46.1 Å². The Morgan fingerprint density at radius 3 is 2.86 bits per heavy atom. The summed E-state index contributed by atoms with van der Waals surface area (Å²) in [4.78, 5) is 18.2. The van der Waals surface area contributed by atoms with Gasteiger partial charge in [0.2, 0.25) is 5.91 Å². The third kappa shape index (κ3) is 2.35. The van der Waals surface area contributed by atoms with Gasteiger partial charge in [0.25, 0.3) is 0 Å². The fourth-order valence-corrected chi connectivity index (χ4v) is 3.73. The fourth-order valence-electron chi connectivity index (χ4n) is 3.73. The molecule has 0 saturated carbocycles. The molecular formula is C18H24N2O. The van der Waals surface area contributed by atoms with Gasteiger partial charge in [0, 0.05) is 30.2 Å². The maximum atomic E-state index is 12.8. The number of nitrogens with one attached hydrogen (secondary N) is 1. The molecular weight excluding hydrogens is 260 g/mol. The van der Waals surface area contributed by atoms with Gasteiger partial charge in [-0.25, -0.2) is 0 Å². The number of rotatable bonds is 5. The molecule has 112 valence electrons. The molecule has 1 unspecified atom stereocenters. The van der Waals surface area contributed by atoms with E-state index in [-0.39, 0.29) is 5.41 Å². The number of benzene rings is 1. The van der Waals surface area contributed by atoms with Crippen LogP contribution in [0, 0.1) is 5.41 Å². The second-order valence-electron chi connectivity index (χ2n) is 6.22. The molecule has 1 aliphatic rings. The van der Waals surface area contributed by atoms with Crippen LogP contribution in [0.1, 0.15) is 45.1 Å². The summed E-state index contributed by atoms with van der Waals surface area (Å²) in [7, 11) is 0. The number of hydrogen-bond donors (Lipinski definition) is 1. The number of aromatic amines is 1. The third-order valence-electron chi connectivity index (χ3n) is 5.04. The van der Waals surface area contributed by atoms with Gasteiger partial charge < -0.3 is 9.88 Å². The molecule has 1 fully saturated rings. The Bertz CT molecular complexity index is 645. The van der Waals surface area contributed by atoms with E-state index in [4.69, 9.17) is 0 Å². The van der Waals surface area contributed by atoms with Crippen LogP contribution >= 0.6 is 0 Å². The second kappa shape index (κ2) is 5.55. The molecule has 2 heterocycles. The van der Waals surface area contributed by atoms with Crippen molar-refractivity contribution in [3.05, 3.63) is 36.0 Å². The van der Waals surface area contributed by atoms with Gasteiger partial charge >= 0.3 is 0 Å². The number of likely N-dealkylation sites (tertiary alicyclic amines) is 1. The highest BCUT2D eigenvalue weighted by Gasteiger charge is 2.44. The van der Waals surface area contributed by atoms with Crippen LogP contribution in [0.3, 0.4) is 0 Å². The van der Waals surface area contributed by atoms with Crippen LogP contribution < -0.4 is 0 Å².